The number of carboxylic acids is 1. The van der Waals surface area contributed by atoms with Gasteiger partial charge in [0, 0.05) is 12.7 Å². The number of carbonyl (C=O) groups is 3. The number of carbonyl (C=O) groups excluding carboxylic acids is 2. The van der Waals surface area contributed by atoms with Crippen LogP contribution in [0.1, 0.15) is 15.9 Å². The molecule has 0 heterocycles. The fourth-order valence-corrected chi connectivity index (χ4v) is 1.05. The first kappa shape index (κ1) is 16.3. The van der Waals surface area contributed by atoms with Gasteiger partial charge >= 0.3 is 5.97 Å². The maximum atomic E-state index is 10.7. The quantitative estimate of drug-likeness (QED) is 0.794. The second kappa shape index (κ2) is 9.39. The number of aromatic carboxylic acids is 1. The van der Waals surface area contributed by atoms with Gasteiger partial charge in [0.2, 0.25) is 0 Å². The highest BCUT2D eigenvalue weighted by Crippen LogP contribution is 2.16. The van der Waals surface area contributed by atoms with Crippen LogP contribution in [-0.2, 0) is 9.59 Å². The molecule has 0 bridgehead atoms. The first-order chi connectivity index (χ1) is 7.65. The van der Waals surface area contributed by atoms with Crippen molar-refractivity contribution in [3.8, 4) is 0 Å². The van der Waals surface area contributed by atoms with Crippen molar-refractivity contribution >= 4 is 25.2 Å². The molecule has 16 heavy (non-hydrogen) atoms. The summed E-state index contributed by atoms with van der Waals surface area (Å²) in [5, 5.41) is 11.6. The van der Waals surface area contributed by atoms with Gasteiger partial charge in [0.1, 0.15) is 13.6 Å². The number of rotatable bonds is 2. The van der Waals surface area contributed by atoms with E-state index in [2.05, 4.69) is 5.32 Å². The van der Waals surface area contributed by atoms with Gasteiger partial charge in [-0.2, -0.15) is 0 Å². The number of anilines is 1. The number of aryl methyl sites for hydroxylation is 1. The zero-order valence-corrected chi connectivity index (χ0v) is 9.32. The van der Waals surface area contributed by atoms with Crippen LogP contribution in [0, 0.1) is 6.92 Å². The summed E-state index contributed by atoms with van der Waals surface area (Å²) < 4.78 is 0. The van der Waals surface area contributed by atoms with E-state index in [1.54, 1.807) is 19.2 Å². The van der Waals surface area contributed by atoms with Crippen molar-refractivity contribution in [1.82, 2.24) is 0 Å². The average Bonchev–Trinajstić information content (AvgIpc) is 2.34. The van der Waals surface area contributed by atoms with Crippen LogP contribution in [0.15, 0.2) is 18.2 Å². The summed E-state index contributed by atoms with van der Waals surface area (Å²) in [7, 11) is 1.71. The van der Waals surface area contributed by atoms with Crippen LogP contribution < -0.4 is 5.32 Å². The fraction of sp³-hybridized carbons (Fsp3) is 0.182. The molecule has 0 spiro atoms. The summed E-state index contributed by atoms with van der Waals surface area (Å²) in [6.45, 7) is 5.87. The van der Waals surface area contributed by atoms with Crippen LogP contribution in [0.5, 0.6) is 0 Å². The molecule has 88 valence electrons. The van der Waals surface area contributed by atoms with Gasteiger partial charge in [0.15, 0.2) is 0 Å². The van der Waals surface area contributed by atoms with Crippen LogP contribution in [-0.4, -0.2) is 31.7 Å². The Bertz CT molecular complexity index is 337. The summed E-state index contributed by atoms with van der Waals surface area (Å²) in [6.07, 6.45) is 0. The van der Waals surface area contributed by atoms with Gasteiger partial charge < -0.3 is 20.0 Å². The van der Waals surface area contributed by atoms with Gasteiger partial charge in [-0.3, -0.25) is 0 Å². The number of hydrogen-bond acceptors (Lipinski definition) is 4. The minimum Gasteiger partial charge on any atom is -0.478 e. The van der Waals surface area contributed by atoms with Gasteiger partial charge in [0.05, 0.1) is 5.56 Å². The Labute approximate surface area is 94.1 Å². The Hall–Kier alpha value is -2.17. The zero-order valence-electron chi connectivity index (χ0n) is 9.32. The number of hydrogen-bond donors (Lipinski definition) is 2. The summed E-state index contributed by atoms with van der Waals surface area (Å²) in [5.41, 5.74) is 1.91. The minimum absolute atomic E-state index is 0.317. The van der Waals surface area contributed by atoms with Crippen LogP contribution >= 0.6 is 0 Å². The molecule has 2 N–H and O–H groups in total. The lowest BCUT2D eigenvalue weighted by Crippen LogP contribution is -2.02. The molecule has 0 aliphatic heterocycles. The van der Waals surface area contributed by atoms with Crippen molar-refractivity contribution in [3.05, 3.63) is 29.3 Å². The van der Waals surface area contributed by atoms with Crippen LogP contribution in [0.4, 0.5) is 5.69 Å². The topological polar surface area (TPSA) is 83.5 Å². The molecule has 1 aromatic carbocycles. The van der Waals surface area contributed by atoms with E-state index in [1.807, 2.05) is 26.6 Å². The Morgan fingerprint density at radius 1 is 1.25 bits per heavy atom. The van der Waals surface area contributed by atoms with Gasteiger partial charge in [-0.15, -0.1) is 0 Å². The lowest BCUT2D eigenvalue weighted by atomic mass is 10.1. The SMILES string of the molecule is C=O.C=O.CNc1ccc(C)cc1C(=O)O. The predicted octanol–water partition coefficient (Wildman–Crippen LogP) is 1.37. The van der Waals surface area contributed by atoms with Crippen LogP contribution in [0.25, 0.3) is 0 Å². The highest BCUT2D eigenvalue weighted by Gasteiger charge is 2.07. The maximum absolute atomic E-state index is 10.7. The third-order valence-electron chi connectivity index (χ3n) is 1.67. The minimum atomic E-state index is -0.900. The van der Waals surface area contributed by atoms with Crippen LogP contribution in [0.2, 0.25) is 0 Å². The molecule has 0 radical (unpaired) electrons. The Kier molecular flexibility index (Phi) is 9.54. The molecule has 0 atom stereocenters. The van der Waals surface area contributed by atoms with Crippen molar-refractivity contribution in [3.63, 3.8) is 0 Å². The largest absolute Gasteiger partial charge is 0.478 e. The monoisotopic (exact) mass is 225 g/mol. The highest BCUT2D eigenvalue weighted by atomic mass is 16.4. The molecule has 0 amide bonds. The second-order valence-corrected chi connectivity index (χ2v) is 2.60. The second-order valence-electron chi connectivity index (χ2n) is 2.60. The van der Waals surface area contributed by atoms with Gasteiger partial charge in [-0.05, 0) is 19.1 Å². The predicted molar refractivity (Wildman–Crippen MR) is 61.9 cm³/mol. The number of carboxylic acid groups (broad SMARTS) is 1. The van der Waals surface area contributed by atoms with Gasteiger partial charge in [-0.25, -0.2) is 4.79 Å². The summed E-state index contributed by atoms with van der Waals surface area (Å²) in [4.78, 5) is 26.7. The summed E-state index contributed by atoms with van der Waals surface area (Å²) in [5.74, 6) is -0.900. The lowest BCUT2D eigenvalue weighted by molar-refractivity contribution is -0.0987. The molecule has 0 aromatic heterocycles. The maximum Gasteiger partial charge on any atom is 0.337 e. The summed E-state index contributed by atoms with van der Waals surface area (Å²) in [6, 6.07) is 5.28. The molecular weight excluding hydrogens is 210 g/mol. The molecule has 5 heteroatoms. The van der Waals surface area contributed by atoms with Gasteiger partial charge in [0.25, 0.3) is 0 Å². The van der Waals surface area contributed by atoms with Crippen molar-refractivity contribution in [2.24, 2.45) is 0 Å². The zero-order chi connectivity index (χ0) is 13.1. The molecule has 0 aliphatic rings. The van der Waals surface area contributed by atoms with Gasteiger partial charge in [-0.1, -0.05) is 11.6 Å². The Morgan fingerprint density at radius 3 is 2.12 bits per heavy atom. The van der Waals surface area contributed by atoms with Crippen molar-refractivity contribution in [2.45, 2.75) is 6.92 Å². The molecule has 1 rings (SSSR count). The van der Waals surface area contributed by atoms with E-state index < -0.39 is 5.97 Å². The van der Waals surface area contributed by atoms with Crippen molar-refractivity contribution in [2.75, 3.05) is 12.4 Å². The van der Waals surface area contributed by atoms with Crippen molar-refractivity contribution in [1.29, 1.82) is 0 Å². The van der Waals surface area contributed by atoms with E-state index in [4.69, 9.17) is 14.7 Å². The molecule has 0 unspecified atom stereocenters. The molecule has 0 saturated heterocycles. The number of nitrogens with one attached hydrogen (secondary N) is 1. The Morgan fingerprint density at radius 2 is 1.75 bits per heavy atom. The molecule has 5 nitrogen and oxygen atoms in total. The third kappa shape index (κ3) is 4.90. The van der Waals surface area contributed by atoms with E-state index in [9.17, 15) is 4.79 Å². The lowest BCUT2D eigenvalue weighted by Gasteiger charge is -2.05. The van der Waals surface area contributed by atoms with E-state index in [0.717, 1.165) is 5.56 Å². The average molecular weight is 225 g/mol. The normalized spacial score (nSPS) is 7.62. The van der Waals surface area contributed by atoms with Crippen LogP contribution in [0.3, 0.4) is 0 Å². The molecule has 0 saturated carbocycles. The standard InChI is InChI=1S/C9H11NO2.2CH2O/c1-6-3-4-8(10-2)7(5-6)9(11)12;2*1-2/h3-5,10H,1-2H3,(H,11,12);2*1H2. The van der Waals surface area contributed by atoms with E-state index in [-0.39, 0.29) is 0 Å². The molecule has 0 aliphatic carbocycles. The van der Waals surface area contributed by atoms with E-state index in [0.29, 0.717) is 11.3 Å². The molecular formula is C11H15NO4. The molecule has 1 aromatic rings. The van der Waals surface area contributed by atoms with Crippen molar-refractivity contribution < 1.29 is 19.5 Å². The first-order valence-corrected chi connectivity index (χ1v) is 4.24. The van der Waals surface area contributed by atoms with E-state index >= 15 is 0 Å². The first-order valence-electron chi connectivity index (χ1n) is 4.24. The van der Waals surface area contributed by atoms with E-state index in [1.165, 1.54) is 0 Å². The highest BCUT2D eigenvalue weighted by molar-refractivity contribution is 5.94. The Balaban J connectivity index is 0. The number of benzene rings is 1. The fourth-order valence-electron chi connectivity index (χ4n) is 1.05. The molecule has 0 fully saturated rings. The summed E-state index contributed by atoms with van der Waals surface area (Å²) >= 11 is 0. The third-order valence-corrected chi connectivity index (χ3v) is 1.67. The smallest absolute Gasteiger partial charge is 0.337 e.